The second-order valence-electron chi connectivity index (χ2n) is 4.46. The summed E-state index contributed by atoms with van der Waals surface area (Å²) in [4.78, 5) is 12.1. The third kappa shape index (κ3) is 2.16. The molecule has 2 aromatic heterocycles. The Morgan fingerprint density at radius 3 is 2.61 bits per heavy atom. The van der Waals surface area contributed by atoms with Crippen LogP contribution in [0.15, 0.2) is 18.3 Å². The molecule has 0 fully saturated rings. The van der Waals surface area contributed by atoms with Crippen molar-refractivity contribution in [3.8, 4) is 0 Å². The Morgan fingerprint density at radius 2 is 2.11 bits per heavy atom. The lowest BCUT2D eigenvalue weighted by Crippen LogP contribution is -2.25. The van der Waals surface area contributed by atoms with Gasteiger partial charge < -0.3 is 9.88 Å². The lowest BCUT2D eigenvalue weighted by molar-refractivity contribution is 0.0949. The summed E-state index contributed by atoms with van der Waals surface area (Å²) in [6, 6.07) is 3.95. The van der Waals surface area contributed by atoms with Crippen molar-refractivity contribution in [2.75, 3.05) is 0 Å². The van der Waals surface area contributed by atoms with Gasteiger partial charge in [0.15, 0.2) is 0 Å². The van der Waals surface area contributed by atoms with Crippen LogP contribution in [0.2, 0.25) is 0 Å². The molecule has 1 amide bonds. The van der Waals surface area contributed by atoms with Gasteiger partial charge >= 0.3 is 0 Å². The Labute approximate surface area is 106 Å². The third-order valence-electron chi connectivity index (χ3n) is 3.22. The summed E-state index contributed by atoms with van der Waals surface area (Å²) in [5.74, 6) is -0.0701. The number of aromatic nitrogens is 3. The number of carbonyl (C=O) groups excluding carboxylic acids is 1. The first-order valence-electron chi connectivity index (χ1n) is 5.89. The summed E-state index contributed by atoms with van der Waals surface area (Å²) in [6.07, 6.45) is 1.96. The fraction of sp³-hybridized carbons (Fsp3) is 0.385. The number of hydrogen-bond acceptors (Lipinski definition) is 2. The van der Waals surface area contributed by atoms with Crippen molar-refractivity contribution in [1.82, 2.24) is 19.7 Å². The van der Waals surface area contributed by atoms with Gasteiger partial charge in [-0.25, -0.2) is 0 Å². The molecular weight excluding hydrogens is 228 g/mol. The summed E-state index contributed by atoms with van der Waals surface area (Å²) in [6.45, 7) is 4.28. The summed E-state index contributed by atoms with van der Waals surface area (Å²) < 4.78 is 3.72. The maximum Gasteiger partial charge on any atom is 0.255 e. The van der Waals surface area contributed by atoms with E-state index in [0.717, 1.165) is 17.1 Å². The highest BCUT2D eigenvalue weighted by atomic mass is 16.1. The van der Waals surface area contributed by atoms with Gasteiger partial charge in [-0.05, 0) is 26.0 Å². The SMILES string of the molecule is Cc1nn(C)c(C)c1C(=O)NCc1cccn1C. The largest absolute Gasteiger partial charge is 0.353 e. The lowest BCUT2D eigenvalue weighted by atomic mass is 10.2. The Hall–Kier alpha value is -2.04. The van der Waals surface area contributed by atoms with Crippen molar-refractivity contribution in [2.45, 2.75) is 20.4 Å². The van der Waals surface area contributed by atoms with Crippen molar-refractivity contribution in [3.05, 3.63) is 41.0 Å². The molecule has 0 saturated heterocycles. The van der Waals surface area contributed by atoms with E-state index in [9.17, 15) is 4.79 Å². The van der Waals surface area contributed by atoms with Gasteiger partial charge in [-0.15, -0.1) is 0 Å². The van der Waals surface area contributed by atoms with Crippen LogP contribution in [0, 0.1) is 13.8 Å². The average Bonchev–Trinajstić information content (AvgIpc) is 2.81. The first-order chi connectivity index (χ1) is 8.50. The van der Waals surface area contributed by atoms with Crippen LogP contribution in [0.25, 0.3) is 0 Å². The van der Waals surface area contributed by atoms with Gasteiger partial charge in [0.1, 0.15) is 0 Å². The Morgan fingerprint density at radius 1 is 1.39 bits per heavy atom. The van der Waals surface area contributed by atoms with E-state index in [1.807, 2.05) is 50.8 Å². The van der Waals surface area contributed by atoms with Gasteiger partial charge in [0.2, 0.25) is 0 Å². The van der Waals surface area contributed by atoms with E-state index in [1.165, 1.54) is 0 Å². The van der Waals surface area contributed by atoms with Crippen LogP contribution in [0.3, 0.4) is 0 Å². The van der Waals surface area contributed by atoms with E-state index < -0.39 is 0 Å². The Bertz CT molecular complexity index is 580. The first-order valence-corrected chi connectivity index (χ1v) is 5.89. The van der Waals surface area contributed by atoms with Gasteiger partial charge in [-0.2, -0.15) is 5.10 Å². The highest BCUT2D eigenvalue weighted by Gasteiger charge is 2.16. The number of rotatable bonds is 3. The standard InChI is InChI=1S/C13H18N4O/c1-9-12(10(2)17(4)15-9)13(18)14-8-11-6-5-7-16(11)3/h5-7H,8H2,1-4H3,(H,14,18). The highest BCUT2D eigenvalue weighted by molar-refractivity contribution is 5.96. The second-order valence-corrected chi connectivity index (χ2v) is 4.46. The van der Waals surface area contributed by atoms with Crippen LogP contribution in [0.5, 0.6) is 0 Å². The van der Waals surface area contributed by atoms with E-state index >= 15 is 0 Å². The smallest absolute Gasteiger partial charge is 0.255 e. The van der Waals surface area contributed by atoms with Crippen LogP contribution in [0.4, 0.5) is 0 Å². The van der Waals surface area contributed by atoms with Gasteiger partial charge in [-0.1, -0.05) is 0 Å². The molecule has 0 aliphatic carbocycles. The quantitative estimate of drug-likeness (QED) is 0.887. The highest BCUT2D eigenvalue weighted by Crippen LogP contribution is 2.11. The summed E-state index contributed by atoms with van der Waals surface area (Å²) in [7, 11) is 3.80. The maximum absolute atomic E-state index is 12.1. The molecule has 0 radical (unpaired) electrons. The lowest BCUT2D eigenvalue weighted by Gasteiger charge is -2.06. The minimum atomic E-state index is -0.0701. The van der Waals surface area contributed by atoms with Crippen molar-refractivity contribution < 1.29 is 4.79 Å². The summed E-state index contributed by atoms with van der Waals surface area (Å²) >= 11 is 0. The van der Waals surface area contributed by atoms with E-state index in [2.05, 4.69) is 10.4 Å². The molecule has 96 valence electrons. The molecular formula is C13H18N4O. The van der Waals surface area contributed by atoms with Crippen LogP contribution >= 0.6 is 0 Å². The van der Waals surface area contributed by atoms with Crippen molar-refractivity contribution in [1.29, 1.82) is 0 Å². The Balaban J connectivity index is 2.11. The number of hydrogen-bond donors (Lipinski definition) is 1. The molecule has 5 nitrogen and oxygen atoms in total. The van der Waals surface area contributed by atoms with Crippen LogP contribution in [-0.4, -0.2) is 20.3 Å². The average molecular weight is 246 g/mol. The molecule has 0 bridgehead atoms. The van der Waals surface area contributed by atoms with E-state index in [-0.39, 0.29) is 5.91 Å². The fourth-order valence-corrected chi connectivity index (χ4v) is 2.04. The molecule has 2 rings (SSSR count). The summed E-state index contributed by atoms with van der Waals surface area (Å²) in [5.41, 5.74) is 3.39. The van der Waals surface area contributed by atoms with Crippen molar-refractivity contribution in [3.63, 3.8) is 0 Å². The van der Waals surface area contributed by atoms with Crippen LogP contribution in [0.1, 0.15) is 27.4 Å². The van der Waals surface area contributed by atoms with Crippen molar-refractivity contribution in [2.24, 2.45) is 14.1 Å². The molecule has 0 aromatic carbocycles. The van der Waals surface area contributed by atoms with Crippen LogP contribution in [-0.2, 0) is 20.6 Å². The topological polar surface area (TPSA) is 51.9 Å². The fourth-order valence-electron chi connectivity index (χ4n) is 2.04. The predicted octanol–water partition coefficient (Wildman–Crippen LogP) is 1.31. The third-order valence-corrected chi connectivity index (χ3v) is 3.22. The molecule has 18 heavy (non-hydrogen) atoms. The zero-order valence-electron chi connectivity index (χ0n) is 11.2. The zero-order valence-corrected chi connectivity index (χ0v) is 11.2. The number of nitrogens with one attached hydrogen (secondary N) is 1. The van der Waals surface area contributed by atoms with E-state index in [1.54, 1.807) is 4.68 Å². The number of carbonyl (C=O) groups is 1. The van der Waals surface area contributed by atoms with Crippen molar-refractivity contribution >= 4 is 5.91 Å². The van der Waals surface area contributed by atoms with Gasteiger partial charge in [0.25, 0.3) is 5.91 Å². The summed E-state index contributed by atoms with van der Waals surface area (Å²) in [5, 5.41) is 7.17. The van der Waals surface area contributed by atoms with E-state index in [0.29, 0.717) is 12.1 Å². The molecule has 5 heteroatoms. The monoisotopic (exact) mass is 246 g/mol. The normalized spacial score (nSPS) is 10.7. The van der Waals surface area contributed by atoms with Gasteiger partial charge in [-0.3, -0.25) is 9.48 Å². The molecule has 0 aliphatic rings. The number of aryl methyl sites for hydroxylation is 3. The minimum Gasteiger partial charge on any atom is -0.353 e. The number of amides is 1. The molecule has 0 spiro atoms. The molecule has 0 atom stereocenters. The molecule has 0 unspecified atom stereocenters. The number of nitrogens with zero attached hydrogens (tertiary/aromatic N) is 3. The van der Waals surface area contributed by atoms with Gasteiger partial charge in [0.05, 0.1) is 17.8 Å². The zero-order chi connectivity index (χ0) is 13.3. The van der Waals surface area contributed by atoms with Gasteiger partial charge in [0, 0.05) is 31.7 Å². The molecule has 2 aromatic rings. The van der Waals surface area contributed by atoms with Crippen LogP contribution < -0.4 is 5.32 Å². The first kappa shape index (κ1) is 12.4. The Kier molecular flexibility index (Phi) is 3.23. The second kappa shape index (κ2) is 4.68. The minimum absolute atomic E-state index is 0.0701. The maximum atomic E-state index is 12.1. The molecule has 1 N–H and O–H groups in total. The molecule has 0 aliphatic heterocycles. The predicted molar refractivity (Wildman–Crippen MR) is 69.3 cm³/mol. The molecule has 0 saturated carbocycles. The van der Waals surface area contributed by atoms with E-state index in [4.69, 9.17) is 0 Å². The molecule has 2 heterocycles.